The molecule has 0 aliphatic carbocycles. The Labute approximate surface area is 117 Å². The number of carbonyl (C=O) groups excluding carboxylic acids is 1. The lowest BCUT2D eigenvalue weighted by atomic mass is 10.2. The van der Waals surface area contributed by atoms with Gasteiger partial charge in [0.05, 0.1) is 12.1 Å². The van der Waals surface area contributed by atoms with Gasteiger partial charge in [0.2, 0.25) is 0 Å². The summed E-state index contributed by atoms with van der Waals surface area (Å²) in [6, 6.07) is 3.84. The Bertz CT molecular complexity index is 590. The molecular weight excluding hydrogens is 292 g/mol. The second-order valence-corrected chi connectivity index (χ2v) is 4.17. The number of aromatic nitrogens is 2. The van der Waals surface area contributed by atoms with Crippen LogP contribution in [0.2, 0.25) is 5.02 Å². The molecule has 0 unspecified atom stereocenters. The molecule has 0 radical (unpaired) electrons. The number of halogens is 3. The molecule has 8 heteroatoms. The number of amides is 1. The van der Waals surface area contributed by atoms with E-state index in [1.54, 1.807) is 6.20 Å². The Morgan fingerprint density at radius 3 is 2.95 bits per heavy atom. The van der Waals surface area contributed by atoms with E-state index in [1.165, 1.54) is 24.4 Å². The Kier molecular flexibility index (Phi) is 4.52. The maximum Gasteiger partial charge on any atom is 0.387 e. The molecule has 2 aromatic rings. The fourth-order valence-electron chi connectivity index (χ4n) is 1.53. The second kappa shape index (κ2) is 6.33. The number of imidazole rings is 1. The lowest BCUT2D eigenvalue weighted by Crippen LogP contribution is -2.24. The first kappa shape index (κ1) is 14.3. The van der Waals surface area contributed by atoms with Crippen LogP contribution in [0.4, 0.5) is 8.78 Å². The molecule has 0 fully saturated rings. The number of ether oxygens (including phenoxy) is 1. The van der Waals surface area contributed by atoms with Gasteiger partial charge in [0.25, 0.3) is 5.91 Å². The van der Waals surface area contributed by atoms with Crippen molar-refractivity contribution in [1.29, 1.82) is 0 Å². The minimum absolute atomic E-state index is 0.0654. The van der Waals surface area contributed by atoms with Gasteiger partial charge in [-0.25, -0.2) is 4.98 Å². The van der Waals surface area contributed by atoms with Crippen LogP contribution in [-0.2, 0) is 6.54 Å². The van der Waals surface area contributed by atoms with Crippen LogP contribution >= 0.6 is 11.6 Å². The van der Waals surface area contributed by atoms with E-state index in [-0.39, 0.29) is 22.9 Å². The van der Waals surface area contributed by atoms with Gasteiger partial charge in [-0.15, -0.1) is 0 Å². The zero-order chi connectivity index (χ0) is 14.5. The Morgan fingerprint density at radius 2 is 2.30 bits per heavy atom. The van der Waals surface area contributed by atoms with Crippen LogP contribution in [0.5, 0.6) is 5.75 Å². The lowest BCUT2D eigenvalue weighted by Gasteiger charge is -2.11. The van der Waals surface area contributed by atoms with Gasteiger partial charge in [0.1, 0.15) is 11.6 Å². The van der Waals surface area contributed by atoms with Crippen molar-refractivity contribution < 1.29 is 18.3 Å². The van der Waals surface area contributed by atoms with E-state index in [0.29, 0.717) is 5.82 Å². The van der Waals surface area contributed by atoms with Gasteiger partial charge in [-0.2, -0.15) is 8.78 Å². The Balaban J connectivity index is 2.13. The molecule has 0 atom stereocenters. The molecule has 1 amide bonds. The van der Waals surface area contributed by atoms with Crippen LogP contribution in [-0.4, -0.2) is 22.5 Å². The van der Waals surface area contributed by atoms with Crippen LogP contribution in [0.15, 0.2) is 30.6 Å². The third kappa shape index (κ3) is 3.67. The summed E-state index contributed by atoms with van der Waals surface area (Å²) in [5.74, 6) is -0.280. The van der Waals surface area contributed by atoms with Gasteiger partial charge in [-0.1, -0.05) is 11.6 Å². The molecular formula is C12H10ClF2N3O2. The van der Waals surface area contributed by atoms with E-state index < -0.39 is 12.5 Å². The van der Waals surface area contributed by atoms with Crippen molar-refractivity contribution >= 4 is 17.5 Å². The molecule has 0 aliphatic heterocycles. The third-order valence-electron chi connectivity index (χ3n) is 2.37. The fourth-order valence-corrected chi connectivity index (χ4v) is 1.70. The number of nitrogens with one attached hydrogen (secondary N) is 2. The maximum absolute atomic E-state index is 12.3. The molecule has 2 N–H and O–H groups in total. The first-order chi connectivity index (χ1) is 9.56. The number of rotatable bonds is 5. The smallest absolute Gasteiger partial charge is 0.387 e. The van der Waals surface area contributed by atoms with Crippen LogP contribution < -0.4 is 10.1 Å². The van der Waals surface area contributed by atoms with Crippen molar-refractivity contribution in [2.24, 2.45) is 0 Å². The number of alkyl halides is 2. The van der Waals surface area contributed by atoms with Crippen molar-refractivity contribution in [3.63, 3.8) is 0 Å². The summed E-state index contributed by atoms with van der Waals surface area (Å²) in [6.07, 6.45) is 3.14. The van der Waals surface area contributed by atoms with E-state index in [4.69, 9.17) is 11.6 Å². The molecule has 0 bridgehead atoms. The van der Waals surface area contributed by atoms with Gasteiger partial charge < -0.3 is 15.0 Å². The summed E-state index contributed by atoms with van der Waals surface area (Å²) in [6.45, 7) is -2.89. The molecule has 0 saturated heterocycles. The zero-order valence-corrected chi connectivity index (χ0v) is 10.8. The monoisotopic (exact) mass is 301 g/mol. The quantitative estimate of drug-likeness (QED) is 0.892. The highest BCUT2D eigenvalue weighted by Crippen LogP contribution is 2.24. The van der Waals surface area contributed by atoms with E-state index in [2.05, 4.69) is 20.0 Å². The first-order valence-electron chi connectivity index (χ1n) is 5.57. The van der Waals surface area contributed by atoms with Gasteiger partial charge in [0, 0.05) is 17.4 Å². The summed E-state index contributed by atoms with van der Waals surface area (Å²) in [4.78, 5) is 18.7. The van der Waals surface area contributed by atoms with E-state index in [9.17, 15) is 13.6 Å². The molecule has 5 nitrogen and oxygen atoms in total. The molecule has 1 aromatic heterocycles. The first-order valence-corrected chi connectivity index (χ1v) is 5.95. The SMILES string of the molecule is O=C(NCc1ncc[nH]1)c1cc(Cl)ccc1OC(F)F. The highest BCUT2D eigenvalue weighted by molar-refractivity contribution is 6.31. The summed E-state index contributed by atoms with van der Waals surface area (Å²) >= 11 is 5.76. The molecule has 2 rings (SSSR count). The average Bonchev–Trinajstić information content (AvgIpc) is 2.90. The molecule has 1 aromatic carbocycles. The zero-order valence-electron chi connectivity index (χ0n) is 10.1. The Morgan fingerprint density at radius 1 is 1.50 bits per heavy atom. The minimum atomic E-state index is -3.02. The molecule has 20 heavy (non-hydrogen) atoms. The van der Waals surface area contributed by atoms with Crippen molar-refractivity contribution in [2.45, 2.75) is 13.2 Å². The van der Waals surface area contributed by atoms with Crippen molar-refractivity contribution in [1.82, 2.24) is 15.3 Å². The molecule has 1 heterocycles. The van der Waals surface area contributed by atoms with Crippen molar-refractivity contribution in [3.05, 3.63) is 47.0 Å². The summed E-state index contributed by atoms with van der Waals surface area (Å²) in [5, 5.41) is 2.77. The minimum Gasteiger partial charge on any atom is -0.434 e. The highest BCUT2D eigenvalue weighted by atomic mass is 35.5. The maximum atomic E-state index is 12.3. The summed E-state index contributed by atoms with van der Waals surface area (Å²) in [7, 11) is 0. The van der Waals surface area contributed by atoms with Crippen LogP contribution in [0.3, 0.4) is 0 Å². The van der Waals surface area contributed by atoms with E-state index in [1.807, 2.05) is 0 Å². The molecule has 0 saturated carbocycles. The normalized spacial score (nSPS) is 10.6. The van der Waals surface area contributed by atoms with Crippen molar-refractivity contribution in [2.75, 3.05) is 0 Å². The van der Waals surface area contributed by atoms with E-state index >= 15 is 0 Å². The van der Waals surface area contributed by atoms with Gasteiger partial charge >= 0.3 is 6.61 Å². The van der Waals surface area contributed by atoms with Crippen LogP contribution in [0.1, 0.15) is 16.2 Å². The molecule has 0 spiro atoms. The fraction of sp³-hybridized carbons (Fsp3) is 0.167. The van der Waals surface area contributed by atoms with Gasteiger partial charge in [0.15, 0.2) is 0 Å². The van der Waals surface area contributed by atoms with E-state index in [0.717, 1.165) is 0 Å². The standard InChI is InChI=1S/C12H10ClF2N3O2/c13-7-1-2-9(20-12(14)15)8(5-7)11(19)18-6-10-16-3-4-17-10/h1-5,12H,6H2,(H,16,17)(H,18,19). The van der Waals surface area contributed by atoms with Crippen LogP contribution in [0, 0.1) is 0 Å². The number of hydrogen-bond acceptors (Lipinski definition) is 3. The number of H-pyrrole nitrogens is 1. The molecule has 106 valence electrons. The van der Waals surface area contributed by atoms with Gasteiger partial charge in [-0.05, 0) is 18.2 Å². The number of nitrogens with zero attached hydrogens (tertiary/aromatic N) is 1. The predicted octanol–water partition coefficient (Wildman–Crippen LogP) is 2.59. The summed E-state index contributed by atoms with van der Waals surface area (Å²) in [5.41, 5.74) is -0.0654. The molecule has 0 aliphatic rings. The predicted molar refractivity (Wildman–Crippen MR) is 67.8 cm³/mol. The van der Waals surface area contributed by atoms with Crippen molar-refractivity contribution in [3.8, 4) is 5.75 Å². The number of benzene rings is 1. The summed E-state index contributed by atoms with van der Waals surface area (Å²) < 4.78 is 28.8. The lowest BCUT2D eigenvalue weighted by molar-refractivity contribution is -0.0501. The third-order valence-corrected chi connectivity index (χ3v) is 2.61. The largest absolute Gasteiger partial charge is 0.434 e. The van der Waals surface area contributed by atoms with Crippen LogP contribution in [0.25, 0.3) is 0 Å². The number of hydrogen-bond donors (Lipinski definition) is 2. The number of carbonyl (C=O) groups is 1. The average molecular weight is 302 g/mol. The number of aromatic amines is 1. The van der Waals surface area contributed by atoms with Gasteiger partial charge in [-0.3, -0.25) is 4.79 Å². The second-order valence-electron chi connectivity index (χ2n) is 3.74. The Hall–Kier alpha value is -2.15. The highest BCUT2D eigenvalue weighted by Gasteiger charge is 2.16. The topological polar surface area (TPSA) is 67.0 Å².